The van der Waals surface area contributed by atoms with Crippen LogP contribution in [0, 0.1) is 11.3 Å². The monoisotopic (exact) mass is 473 g/mol. The Hall–Kier alpha value is -1.81. The largest absolute Gasteiger partial charge is 0.464 e. The first kappa shape index (κ1) is 31.2. The van der Waals surface area contributed by atoms with Crippen molar-refractivity contribution in [2.75, 3.05) is 20.3 Å². The molecule has 33 heavy (non-hydrogen) atoms. The van der Waals surface area contributed by atoms with Crippen LogP contribution in [0.15, 0.2) is 12.2 Å². The van der Waals surface area contributed by atoms with Crippen molar-refractivity contribution in [1.82, 2.24) is 5.32 Å². The molecule has 0 spiro atoms. The number of rotatable bonds is 16. The number of aliphatic hydroxyl groups excluding tert-OH is 3. The number of amides is 1. The minimum Gasteiger partial charge on any atom is -0.464 e. The molecule has 0 aromatic rings. The molecule has 0 saturated heterocycles. The number of ether oxygens (including phenoxy) is 2. The van der Waals surface area contributed by atoms with Crippen LogP contribution in [-0.4, -0.2) is 77.7 Å². The molecule has 0 fully saturated rings. The summed E-state index contributed by atoms with van der Waals surface area (Å²) in [7, 11) is 1.20. The zero-order chi connectivity index (χ0) is 25.6. The maximum absolute atomic E-state index is 12.6. The number of carbonyl (C=O) groups is 3. The Morgan fingerprint density at radius 2 is 1.70 bits per heavy atom. The van der Waals surface area contributed by atoms with Gasteiger partial charge in [0.2, 0.25) is 5.91 Å². The van der Waals surface area contributed by atoms with E-state index in [-0.39, 0.29) is 31.0 Å². The lowest BCUT2D eigenvalue weighted by Gasteiger charge is -2.27. The number of aliphatic hydroxyl groups is 3. The van der Waals surface area contributed by atoms with Gasteiger partial charge in [0.15, 0.2) is 5.78 Å². The van der Waals surface area contributed by atoms with Gasteiger partial charge in [-0.2, -0.15) is 0 Å². The fourth-order valence-electron chi connectivity index (χ4n) is 2.96. The van der Waals surface area contributed by atoms with Crippen molar-refractivity contribution in [1.29, 1.82) is 0 Å². The number of hydrogen-bond acceptors (Lipinski definition) is 8. The summed E-state index contributed by atoms with van der Waals surface area (Å²) in [5.41, 5.74) is -0.238. The van der Waals surface area contributed by atoms with Gasteiger partial charge in [0.25, 0.3) is 0 Å². The molecular weight excluding hydrogens is 430 g/mol. The summed E-state index contributed by atoms with van der Waals surface area (Å²) in [5.74, 6) is -2.04. The highest BCUT2D eigenvalue weighted by Gasteiger charge is 2.36. The van der Waals surface area contributed by atoms with Gasteiger partial charge in [-0.05, 0) is 11.8 Å². The highest BCUT2D eigenvalue weighted by molar-refractivity contribution is 5.89. The van der Waals surface area contributed by atoms with E-state index in [9.17, 15) is 29.7 Å². The third-order valence-corrected chi connectivity index (χ3v) is 4.98. The van der Waals surface area contributed by atoms with Gasteiger partial charge in [-0.15, -0.1) is 0 Å². The number of ketones is 1. The van der Waals surface area contributed by atoms with E-state index in [4.69, 9.17) is 9.47 Å². The topological polar surface area (TPSA) is 142 Å². The van der Waals surface area contributed by atoms with Crippen LogP contribution in [0.25, 0.3) is 0 Å². The van der Waals surface area contributed by atoms with E-state index in [0.717, 1.165) is 19.3 Å². The van der Waals surface area contributed by atoms with Crippen LogP contribution in [0.3, 0.4) is 0 Å². The number of unbranched alkanes of at least 4 members (excludes halogenated alkanes) is 2. The van der Waals surface area contributed by atoms with Gasteiger partial charge < -0.3 is 30.1 Å². The zero-order valence-electron chi connectivity index (χ0n) is 20.9. The second-order valence-corrected chi connectivity index (χ2v) is 9.39. The molecule has 9 nitrogen and oxygen atoms in total. The Balaban J connectivity index is 4.60. The molecule has 4 N–H and O–H groups in total. The summed E-state index contributed by atoms with van der Waals surface area (Å²) < 4.78 is 10.1. The molecule has 9 heteroatoms. The fraction of sp³-hybridized carbons (Fsp3) is 0.792. The van der Waals surface area contributed by atoms with Crippen LogP contribution in [0.4, 0.5) is 0 Å². The predicted octanol–water partition coefficient (Wildman–Crippen LogP) is 1.52. The van der Waals surface area contributed by atoms with Crippen LogP contribution in [0.5, 0.6) is 0 Å². The van der Waals surface area contributed by atoms with Crippen molar-refractivity contribution in [2.24, 2.45) is 11.3 Å². The first-order valence-corrected chi connectivity index (χ1v) is 11.6. The van der Waals surface area contributed by atoms with Crippen molar-refractivity contribution in [3.63, 3.8) is 0 Å². The van der Waals surface area contributed by atoms with Crippen molar-refractivity contribution in [3.8, 4) is 0 Å². The molecule has 5 atom stereocenters. The molecule has 0 aromatic carbocycles. The van der Waals surface area contributed by atoms with Gasteiger partial charge in [-0.25, -0.2) is 0 Å². The number of allylic oxidation sites excluding steroid dienone is 1. The molecule has 0 heterocycles. The van der Waals surface area contributed by atoms with Crippen molar-refractivity contribution in [2.45, 2.75) is 91.1 Å². The molecule has 0 bridgehead atoms. The van der Waals surface area contributed by atoms with E-state index in [2.05, 4.69) is 5.32 Å². The maximum atomic E-state index is 12.6. The number of esters is 1. The van der Waals surface area contributed by atoms with Crippen LogP contribution in [0.2, 0.25) is 0 Å². The lowest BCUT2D eigenvalue weighted by Crippen LogP contribution is -2.48. The van der Waals surface area contributed by atoms with E-state index in [1.165, 1.54) is 13.2 Å². The number of carbonyl (C=O) groups excluding carboxylic acids is 3. The van der Waals surface area contributed by atoms with Crippen molar-refractivity contribution in [3.05, 3.63) is 12.2 Å². The third-order valence-electron chi connectivity index (χ3n) is 4.98. The highest BCUT2D eigenvalue weighted by Crippen LogP contribution is 2.18. The Morgan fingerprint density at radius 3 is 2.24 bits per heavy atom. The van der Waals surface area contributed by atoms with Gasteiger partial charge in [0, 0.05) is 25.9 Å². The number of methoxy groups -OCH3 is 1. The molecule has 0 aliphatic rings. The Morgan fingerprint density at radius 1 is 1.06 bits per heavy atom. The van der Waals surface area contributed by atoms with Crippen LogP contribution in [0.1, 0.15) is 66.7 Å². The molecular formula is C24H43NO8. The van der Waals surface area contributed by atoms with E-state index >= 15 is 0 Å². The van der Waals surface area contributed by atoms with Gasteiger partial charge in [-0.3, -0.25) is 14.4 Å². The lowest BCUT2D eigenvalue weighted by molar-refractivity contribution is -0.149. The summed E-state index contributed by atoms with van der Waals surface area (Å²) in [5, 5.41) is 33.3. The second-order valence-electron chi connectivity index (χ2n) is 9.39. The van der Waals surface area contributed by atoms with Gasteiger partial charge >= 0.3 is 5.97 Å². The number of hydrogen-bond donors (Lipinski definition) is 4. The van der Waals surface area contributed by atoms with Crippen molar-refractivity contribution >= 4 is 17.7 Å². The lowest BCUT2D eigenvalue weighted by atomic mass is 9.92. The van der Waals surface area contributed by atoms with E-state index < -0.39 is 42.0 Å². The van der Waals surface area contributed by atoms with Crippen LogP contribution in [-0.2, 0) is 23.9 Å². The van der Waals surface area contributed by atoms with E-state index in [1.807, 2.05) is 27.7 Å². The summed E-state index contributed by atoms with van der Waals surface area (Å²) in [4.78, 5) is 36.4. The molecule has 0 rings (SSSR count). The maximum Gasteiger partial charge on any atom is 0.305 e. The Kier molecular flexibility index (Phi) is 15.1. The van der Waals surface area contributed by atoms with E-state index in [1.54, 1.807) is 13.0 Å². The Bertz CT molecular complexity index is 628. The molecule has 0 unspecified atom stereocenters. The average Bonchev–Trinajstić information content (AvgIpc) is 2.74. The summed E-state index contributed by atoms with van der Waals surface area (Å²) in [6.45, 7) is 9.47. The van der Waals surface area contributed by atoms with Gasteiger partial charge in [-0.1, -0.05) is 59.6 Å². The van der Waals surface area contributed by atoms with Gasteiger partial charge in [0.1, 0.15) is 31.0 Å². The molecule has 0 aliphatic carbocycles. The SMILES string of the molecule is CCCCCC(=O)OCCNC(=O)[C@H](C)CC(=O)[C@H](OC)[C@H](O)[C@@H](O)[C@H](O)/C=C/C(C)(C)C. The van der Waals surface area contributed by atoms with Crippen LogP contribution >= 0.6 is 0 Å². The molecule has 0 aliphatic heterocycles. The molecule has 0 saturated carbocycles. The minimum absolute atomic E-state index is 0.0446. The number of Topliss-reactive ketones (excluding diaryl/α,β-unsaturated/α-hetero) is 1. The zero-order valence-corrected chi connectivity index (χ0v) is 20.9. The smallest absolute Gasteiger partial charge is 0.305 e. The summed E-state index contributed by atoms with van der Waals surface area (Å²) in [6, 6.07) is 0. The quantitative estimate of drug-likeness (QED) is 0.150. The van der Waals surface area contributed by atoms with E-state index in [0.29, 0.717) is 6.42 Å². The average molecular weight is 474 g/mol. The first-order chi connectivity index (χ1) is 15.3. The second kappa shape index (κ2) is 15.9. The summed E-state index contributed by atoms with van der Waals surface area (Å²) >= 11 is 0. The summed E-state index contributed by atoms with van der Waals surface area (Å²) in [6.07, 6.45) is -0.230. The highest BCUT2D eigenvalue weighted by atomic mass is 16.5. The molecule has 1 amide bonds. The number of nitrogens with one attached hydrogen (secondary N) is 1. The standard InChI is InChI=1S/C24H43NO8/c1-7-8-9-10-19(28)33-14-13-25-23(31)16(2)15-18(27)22(32-6)21(30)20(29)17(26)11-12-24(3,4)5/h11-12,16-17,20-22,26,29-30H,7-10,13-15H2,1-6H3,(H,25,31)/b12-11+/t16-,17-,20+,21-,22+/m1/s1. The third kappa shape index (κ3) is 13.5. The Labute approximate surface area is 197 Å². The minimum atomic E-state index is -1.68. The first-order valence-electron chi connectivity index (χ1n) is 11.6. The normalized spacial score (nSPS) is 16.6. The molecule has 0 aromatic heterocycles. The van der Waals surface area contributed by atoms with Gasteiger partial charge in [0.05, 0.1) is 6.54 Å². The fourth-order valence-corrected chi connectivity index (χ4v) is 2.96. The predicted molar refractivity (Wildman–Crippen MR) is 124 cm³/mol. The molecule has 192 valence electrons. The van der Waals surface area contributed by atoms with Crippen LogP contribution < -0.4 is 5.32 Å². The van der Waals surface area contributed by atoms with Crippen molar-refractivity contribution < 1.29 is 39.2 Å². The molecule has 0 radical (unpaired) electrons.